The molecular weight excluding hydrogens is 272 g/mol. The molecule has 0 amide bonds. The largest absolute Gasteiger partial charge is 0.497 e. The van der Waals surface area contributed by atoms with Crippen LogP contribution in [-0.4, -0.2) is 18.6 Å². The first-order chi connectivity index (χ1) is 10.7. The molecule has 3 aromatic rings. The number of methoxy groups -OCH3 is 1. The number of rotatable bonds is 2. The average molecular weight is 290 g/mol. The van der Waals surface area contributed by atoms with Crippen molar-refractivity contribution in [2.24, 2.45) is 0 Å². The third-order valence-electron chi connectivity index (χ3n) is 4.27. The van der Waals surface area contributed by atoms with Gasteiger partial charge in [0.05, 0.1) is 12.6 Å². The highest BCUT2D eigenvalue weighted by Crippen LogP contribution is 2.35. The third kappa shape index (κ3) is 2.10. The summed E-state index contributed by atoms with van der Waals surface area (Å²) in [6, 6.07) is 16.9. The second-order valence-electron chi connectivity index (χ2n) is 5.77. The molecule has 1 aliphatic rings. The molecule has 0 bridgehead atoms. The molecule has 2 heterocycles. The molecule has 0 saturated heterocycles. The smallest absolute Gasteiger partial charge is 0.137 e. The zero-order valence-corrected chi connectivity index (χ0v) is 12.8. The van der Waals surface area contributed by atoms with E-state index in [-0.39, 0.29) is 0 Å². The van der Waals surface area contributed by atoms with Crippen molar-refractivity contribution in [2.45, 2.75) is 13.3 Å². The van der Waals surface area contributed by atoms with Gasteiger partial charge in [-0.1, -0.05) is 12.1 Å². The molecular formula is C19H18N2O. The Morgan fingerprint density at radius 1 is 1.05 bits per heavy atom. The summed E-state index contributed by atoms with van der Waals surface area (Å²) in [6.07, 6.45) is 1.04. The van der Waals surface area contributed by atoms with Crippen molar-refractivity contribution >= 4 is 22.4 Å². The van der Waals surface area contributed by atoms with E-state index in [1.165, 1.54) is 22.2 Å². The Hall–Kier alpha value is -2.55. The second kappa shape index (κ2) is 5.02. The molecule has 3 nitrogen and oxygen atoms in total. The van der Waals surface area contributed by atoms with E-state index in [4.69, 9.17) is 9.72 Å². The summed E-state index contributed by atoms with van der Waals surface area (Å²) in [5, 5.41) is 1.22. The quantitative estimate of drug-likeness (QED) is 0.705. The van der Waals surface area contributed by atoms with Crippen LogP contribution < -0.4 is 9.64 Å². The van der Waals surface area contributed by atoms with Gasteiger partial charge in [-0.25, -0.2) is 4.98 Å². The summed E-state index contributed by atoms with van der Waals surface area (Å²) in [5.74, 6) is 1.97. The van der Waals surface area contributed by atoms with Crippen LogP contribution in [0.1, 0.15) is 11.1 Å². The van der Waals surface area contributed by atoms with Gasteiger partial charge < -0.3 is 9.64 Å². The Labute approximate surface area is 130 Å². The summed E-state index contributed by atoms with van der Waals surface area (Å²) in [5.41, 5.74) is 4.80. The van der Waals surface area contributed by atoms with Gasteiger partial charge in [-0.2, -0.15) is 0 Å². The summed E-state index contributed by atoms with van der Waals surface area (Å²) in [6.45, 7) is 3.08. The van der Waals surface area contributed by atoms with Crippen molar-refractivity contribution in [2.75, 3.05) is 18.6 Å². The molecule has 0 radical (unpaired) electrons. The molecule has 0 N–H and O–H groups in total. The molecule has 0 fully saturated rings. The van der Waals surface area contributed by atoms with Gasteiger partial charge in [0.25, 0.3) is 0 Å². The molecule has 22 heavy (non-hydrogen) atoms. The number of benzene rings is 2. The maximum absolute atomic E-state index is 5.24. The van der Waals surface area contributed by atoms with Crippen LogP contribution in [0.15, 0.2) is 48.5 Å². The standard InChI is InChI=1S/C19H18N2O/c1-13-3-4-14-12-15-9-10-21(19(15)20-18(14)11-13)16-5-7-17(22-2)8-6-16/h3-8,11-12H,9-10H2,1-2H3. The van der Waals surface area contributed by atoms with Crippen molar-refractivity contribution in [3.63, 3.8) is 0 Å². The van der Waals surface area contributed by atoms with Crippen molar-refractivity contribution < 1.29 is 4.74 Å². The highest BCUT2D eigenvalue weighted by atomic mass is 16.5. The van der Waals surface area contributed by atoms with E-state index >= 15 is 0 Å². The van der Waals surface area contributed by atoms with Crippen LogP contribution in [0.3, 0.4) is 0 Å². The summed E-state index contributed by atoms with van der Waals surface area (Å²) < 4.78 is 5.24. The average Bonchev–Trinajstić information content (AvgIpc) is 2.95. The first kappa shape index (κ1) is 13.1. The Kier molecular flexibility index (Phi) is 3.00. The fourth-order valence-corrected chi connectivity index (χ4v) is 3.08. The van der Waals surface area contributed by atoms with E-state index in [9.17, 15) is 0 Å². The highest BCUT2D eigenvalue weighted by molar-refractivity contribution is 5.84. The van der Waals surface area contributed by atoms with Crippen LogP contribution >= 0.6 is 0 Å². The van der Waals surface area contributed by atoms with Gasteiger partial charge in [0, 0.05) is 17.6 Å². The van der Waals surface area contributed by atoms with E-state index in [2.05, 4.69) is 48.2 Å². The minimum absolute atomic E-state index is 0.880. The molecule has 0 unspecified atom stereocenters. The molecule has 3 heteroatoms. The highest BCUT2D eigenvalue weighted by Gasteiger charge is 2.22. The van der Waals surface area contributed by atoms with Crippen molar-refractivity contribution in [3.05, 3.63) is 59.7 Å². The Morgan fingerprint density at radius 2 is 1.86 bits per heavy atom. The molecule has 0 spiro atoms. The van der Waals surface area contributed by atoms with Gasteiger partial charge in [0.15, 0.2) is 0 Å². The first-order valence-corrected chi connectivity index (χ1v) is 7.56. The Balaban J connectivity index is 1.80. The number of pyridine rings is 1. The normalized spacial score (nSPS) is 13.5. The zero-order chi connectivity index (χ0) is 15.1. The van der Waals surface area contributed by atoms with Crippen LogP contribution in [0.5, 0.6) is 5.75 Å². The fourth-order valence-electron chi connectivity index (χ4n) is 3.08. The van der Waals surface area contributed by atoms with Gasteiger partial charge in [-0.15, -0.1) is 0 Å². The van der Waals surface area contributed by atoms with Crippen molar-refractivity contribution in [1.82, 2.24) is 4.98 Å². The van der Waals surface area contributed by atoms with E-state index in [0.717, 1.165) is 30.0 Å². The SMILES string of the molecule is COc1ccc(N2CCc3cc4ccc(C)cc4nc32)cc1. The maximum Gasteiger partial charge on any atom is 0.137 e. The minimum atomic E-state index is 0.880. The van der Waals surface area contributed by atoms with Gasteiger partial charge >= 0.3 is 0 Å². The number of fused-ring (bicyclic) bond motifs is 2. The zero-order valence-electron chi connectivity index (χ0n) is 12.8. The predicted octanol–water partition coefficient (Wildman–Crippen LogP) is 4.25. The lowest BCUT2D eigenvalue weighted by molar-refractivity contribution is 0.415. The molecule has 0 atom stereocenters. The number of aromatic nitrogens is 1. The number of ether oxygens (including phenoxy) is 1. The number of hydrogen-bond donors (Lipinski definition) is 0. The van der Waals surface area contributed by atoms with Crippen LogP contribution in [0.4, 0.5) is 11.5 Å². The number of hydrogen-bond acceptors (Lipinski definition) is 3. The van der Waals surface area contributed by atoms with Crippen molar-refractivity contribution in [1.29, 1.82) is 0 Å². The second-order valence-corrected chi connectivity index (χ2v) is 5.77. The summed E-state index contributed by atoms with van der Waals surface area (Å²) >= 11 is 0. The lowest BCUT2D eigenvalue weighted by Crippen LogP contribution is -2.14. The summed E-state index contributed by atoms with van der Waals surface area (Å²) in [7, 11) is 1.69. The van der Waals surface area contributed by atoms with Gasteiger partial charge in [0.1, 0.15) is 11.6 Å². The maximum atomic E-state index is 5.24. The monoisotopic (exact) mass is 290 g/mol. The predicted molar refractivity (Wildman–Crippen MR) is 90.2 cm³/mol. The fraction of sp³-hybridized carbons (Fsp3) is 0.211. The molecule has 4 rings (SSSR count). The summed E-state index contributed by atoms with van der Waals surface area (Å²) in [4.78, 5) is 7.20. The van der Waals surface area contributed by atoms with Gasteiger partial charge in [-0.05, 0) is 60.9 Å². The van der Waals surface area contributed by atoms with Crippen molar-refractivity contribution in [3.8, 4) is 5.75 Å². The van der Waals surface area contributed by atoms with Gasteiger partial charge in [-0.3, -0.25) is 0 Å². The van der Waals surface area contributed by atoms with Crippen LogP contribution in [-0.2, 0) is 6.42 Å². The molecule has 110 valence electrons. The number of nitrogens with zero attached hydrogens (tertiary/aromatic N) is 2. The van der Waals surface area contributed by atoms with Crippen LogP contribution in [0.25, 0.3) is 10.9 Å². The molecule has 0 saturated carbocycles. The number of aryl methyl sites for hydroxylation is 1. The van der Waals surface area contributed by atoms with E-state index in [1.54, 1.807) is 7.11 Å². The lowest BCUT2D eigenvalue weighted by atomic mass is 10.1. The van der Waals surface area contributed by atoms with E-state index in [0.29, 0.717) is 0 Å². The number of anilines is 2. The van der Waals surface area contributed by atoms with E-state index in [1.807, 2.05) is 12.1 Å². The topological polar surface area (TPSA) is 25.4 Å². The van der Waals surface area contributed by atoms with Crippen LogP contribution in [0.2, 0.25) is 0 Å². The Bertz CT molecular complexity index is 840. The lowest BCUT2D eigenvalue weighted by Gasteiger charge is -2.19. The molecule has 2 aromatic carbocycles. The van der Waals surface area contributed by atoms with E-state index < -0.39 is 0 Å². The minimum Gasteiger partial charge on any atom is -0.497 e. The molecule has 0 aliphatic carbocycles. The third-order valence-corrected chi connectivity index (χ3v) is 4.27. The first-order valence-electron chi connectivity index (χ1n) is 7.56. The molecule has 1 aromatic heterocycles. The molecule has 1 aliphatic heterocycles. The van der Waals surface area contributed by atoms with Crippen LogP contribution in [0, 0.1) is 6.92 Å². The van der Waals surface area contributed by atoms with Gasteiger partial charge in [0.2, 0.25) is 0 Å². The Morgan fingerprint density at radius 3 is 2.64 bits per heavy atom.